The minimum atomic E-state index is -2.50. The summed E-state index contributed by atoms with van der Waals surface area (Å²) in [6, 6.07) is 0. The second-order valence-corrected chi connectivity index (χ2v) is 3.89. The Morgan fingerprint density at radius 1 is 1.54 bits per heavy atom. The Balaban J connectivity index is 2.39. The minimum absolute atomic E-state index is 0.0247. The van der Waals surface area contributed by atoms with Crippen molar-refractivity contribution >= 4 is 12.6 Å². The first kappa shape index (κ1) is 11.0. The largest absolute Gasteiger partial charge is 0.293 e. The van der Waals surface area contributed by atoms with Gasteiger partial charge in [-0.25, -0.2) is 8.78 Å². The lowest BCUT2D eigenvalue weighted by atomic mass is 10.1. The topological polar surface area (TPSA) is 3.24 Å². The van der Waals surface area contributed by atoms with E-state index in [9.17, 15) is 8.78 Å². The number of thiol groups is 1. The molecule has 1 heterocycles. The van der Waals surface area contributed by atoms with Crippen molar-refractivity contribution < 1.29 is 8.78 Å². The van der Waals surface area contributed by atoms with E-state index in [1.165, 1.54) is 0 Å². The van der Waals surface area contributed by atoms with Crippen LogP contribution in [-0.2, 0) is 0 Å². The van der Waals surface area contributed by atoms with Gasteiger partial charge in [-0.1, -0.05) is 12.2 Å². The highest BCUT2D eigenvalue weighted by molar-refractivity contribution is 7.80. The van der Waals surface area contributed by atoms with Crippen LogP contribution < -0.4 is 0 Å². The monoisotopic (exact) mass is 207 g/mol. The Morgan fingerprint density at radius 2 is 2.23 bits per heavy atom. The van der Waals surface area contributed by atoms with E-state index in [2.05, 4.69) is 19.2 Å². The average Bonchev–Trinajstić information content (AvgIpc) is 2.02. The molecule has 0 N–H and O–H groups in total. The maximum Gasteiger partial charge on any atom is 0.260 e. The minimum Gasteiger partial charge on any atom is -0.293 e. The van der Waals surface area contributed by atoms with Gasteiger partial charge in [-0.05, 0) is 13.0 Å². The first-order chi connectivity index (χ1) is 6.03. The lowest BCUT2D eigenvalue weighted by Gasteiger charge is -2.32. The molecule has 0 aromatic carbocycles. The van der Waals surface area contributed by atoms with Crippen LogP contribution in [0.5, 0.6) is 0 Å². The molecule has 0 aliphatic carbocycles. The van der Waals surface area contributed by atoms with Crippen molar-refractivity contribution in [3.63, 3.8) is 0 Å². The highest BCUT2D eigenvalue weighted by Gasteiger charge is 2.34. The van der Waals surface area contributed by atoms with Crippen LogP contribution in [0.1, 0.15) is 12.8 Å². The molecule has 0 saturated carbocycles. The Morgan fingerprint density at radius 3 is 2.77 bits per heavy atom. The molecule has 0 amide bonds. The van der Waals surface area contributed by atoms with Crippen LogP contribution in [-0.4, -0.2) is 36.2 Å². The lowest BCUT2D eigenvalue weighted by Crippen LogP contribution is -2.43. The molecule has 1 rings (SSSR count). The van der Waals surface area contributed by atoms with Gasteiger partial charge in [0.25, 0.3) is 5.92 Å². The molecular formula is C9H15F2NS. The molecule has 0 unspecified atom stereocenters. The van der Waals surface area contributed by atoms with Gasteiger partial charge in [-0.3, -0.25) is 4.90 Å². The third-order valence-electron chi connectivity index (χ3n) is 2.14. The van der Waals surface area contributed by atoms with Gasteiger partial charge in [0.2, 0.25) is 0 Å². The maximum absolute atomic E-state index is 12.9. The fourth-order valence-corrected chi connectivity index (χ4v) is 1.65. The van der Waals surface area contributed by atoms with Crippen LogP contribution in [0.4, 0.5) is 8.78 Å². The lowest BCUT2D eigenvalue weighted by molar-refractivity contribution is -0.0614. The molecule has 1 nitrogen and oxygen atoms in total. The molecule has 76 valence electrons. The van der Waals surface area contributed by atoms with Crippen molar-refractivity contribution in [1.82, 2.24) is 4.90 Å². The molecule has 0 aromatic rings. The number of piperidine rings is 1. The predicted molar refractivity (Wildman–Crippen MR) is 53.6 cm³/mol. The summed E-state index contributed by atoms with van der Waals surface area (Å²) in [5.41, 5.74) is 0.904. The van der Waals surface area contributed by atoms with Crippen molar-refractivity contribution in [2.75, 3.05) is 25.4 Å². The molecule has 0 atom stereocenters. The molecular weight excluding hydrogens is 192 g/mol. The van der Waals surface area contributed by atoms with Gasteiger partial charge >= 0.3 is 0 Å². The first-order valence-corrected chi connectivity index (χ1v) is 5.04. The predicted octanol–water partition coefficient (Wildman–Crippen LogP) is 2.20. The van der Waals surface area contributed by atoms with Crippen LogP contribution in [0.25, 0.3) is 0 Å². The molecule has 1 aliphatic rings. The molecule has 0 radical (unpaired) electrons. The molecule has 1 saturated heterocycles. The number of alkyl halides is 2. The second kappa shape index (κ2) is 4.42. The van der Waals surface area contributed by atoms with Crippen LogP contribution in [0, 0.1) is 0 Å². The number of halogens is 2. The van der Waals surface area contributed by atoms with E-state index < -0.39 is 5.92 Å². The van der Waals surface area contributed by atoms with Crippen LogP contribution >= 0.6 is 12.6 Å². The quantitative estimate of drug-likeness (QED) is 0.548. The van der Waals surface area contributed by atoms with E-state index in [-0.39, 0.29) is 13.0 Å². The van der Waals surface area contributed by atoms with Gasteiger partial charge in [0.05, 0.1) is 6.54 Å². The Labute approximate surface area is 83.2 Å². The highest BCUT2D eigenvalue weighted by atomic mass is 32.1. The van der Waals surface area contributed by atoms with Gasteiger partial charge in [-0.15, -0.1) is 0 Å². The highest BCUT2D eigenvalue weighted by Crippen LogP contribution is 2.26. The summed E-state index contributed by atoms with van der Waals surface area (Å²) in [5.74, 6) is -1.93. The number of rotatable bonds is 3. The second-order valence-electron chi connectivity index (χ2n) is 3.58. The fourth-order valence-electron chi connectivity index (χ4n) is 1.55. The summed E-state index contributed by atoms with van der Waals surface area (Å²) in [7, 11) is 0. The molecule has 1 aliphatic heterocycles. The number of nitrogens with zero attached hydrogens (tertiary/aromatic N) is 1. The maximum atomic E-state index is 12.9. The molecule has 0 bridgehead atoms. The van der Waals surface area contributed by atoms with E-state index in [0.29, 0.717) is 18.7 Å². The smallest absolute Gasteiger partial charge is 0.260 e. The normalized spacial score (nSPS) is 23.0. The summed E-state index contributed by atoms with van der Waals surface area (Å²) >= 11 is 4.04. The zero-order chi connectivity index (χ0) is 9.90. The van der Waals surface area contributed by atoms with Gasteiger partial charge in [-0.2, -0.15) is 12.6 Å². The molecule has 1 fully saturated rings. The number of likely N-dealkylation sites (tertiary alicyclic amines) is 1. The zero-order valence-corrected chi connectivity index (χ0v) is 8.49. The zero-order valence-electron chi connectivity index (χ0n) is 7.60. The van der Waals surface area contributed by atoms with Crippen molar-refractivity contribution in [2.45, 2.75) is 18.8 Å². The Kier molecular flexibility index (Phi) is 3.74. The standard InChI is InChI=1S/C9H15F2NS/c1-8(6-13)5-12-4-2-3-9(10,11)7-12/h13H,1-7H2. The molecule has 0 spiro atoms. The van der Waals surface area contributed by atoms with E-state index in [4.69, 9.17) is 0 Å². The summed E-state index contributed by atoms with van der Waals surface area (Å²) < 4.78 is 25.8. The van der Waals surface area contributed by atoms with Crippen LogP contribution in [0.2, 0.25) is 0 Å². The van der Waals surface area contributed by atoms with Gasteiger partial charge in [0.1, 0.15) is 0 Å². The number of hydrogen-bond acceptors (Lipinski definition) is 2. The fraction of sp³-hybridized carbons (Fsp3) is 0.778. The SMILES string of the molecule is C=C(CS)CN1CCCC(F)(F)C1. The summed E-state index contributed by atoms with van der Waals surface area (Å²) in [6.07, 6.45) is 0.601. The van der Waals surface area contributed by atoms with E-state index in [1.54, 1.807) is 4.90 Å². The van der Waals surface area contributed by atoms with E-state index >= 15 is 0 Å². The molecule has 4 heteroatoms. The first-order valence-electron chi connectivity index (χ1n) is 4.41. The Hall–Kier alpha value is -0.0900. The summed E-state index contributed by atoms with van der Waals surface area (Å²) in [6.45, 7) is 4.93. The summed E-state index contributed by atoms with van der Waals surface area (Å²) in [5, 5.41) is 0. The number of hydrogen-bond donors (Lipinski definition) is 1. The molecule has 0 aromatic heterocycles. The molecule has 13 heavy (non-hydrogen) atoms. The van der Waals surface area contributed by atoms with Crippen molar-refractivity contribution in [3.8, 4) is 0 Å². The van der Waals surface area contributed by atoms with Crippen molar-refractivity contribution in [3.05, 3.63) is 12.2 Å². The van der Waals surface area contributed by atoms with Crippen LogP contribution in [0.3, 0.4) is 0 Å². The van der Waals surface area contributed by atoms with Gasteiger partial charge < -0.3 is 0 Å². The van der Waals surface area contributed by atoms with Gasteiger partial charge in [0, 0.05) is 18.7 Å². The Bertz CT molecular complexity index is 194. The average molecular weight is 207 g/mol. The van der Waals surface area contributed by atoms with Crippen molar-refractivity contribution in [1.29, 1.82) is 0 Å². The third kappa shape index (κ3) is 3.65. The van der Waals surface area contributed by atoms with E-state index in [1.807, 2.05) is 0 Å². The van der Waals surface area contributed by atoms with Crippen LogP contribution in [0.15, 0.2) is 12.2 Å². The summed E-state index contributed by atoms with van der Waals surface area (Å²) in [4.78, 5) is 1.75. The third-order valence-corrected chi connectivity index (χ3v) is 2.59. The van der Waals surface area contributed by atoms with Crippen molar-refractivity contribution in [2.24, 2.45) is 0 Å². The van der Waals surface area contributed by atoms with Gasteiger partial charge in [0.15, 0.2) is 0 Å². The van der Waals surface area contributed by atoms with E-state index in [0.717, 1.165) is 12.1 Å².